The van der Waals surface area contributed by atoms with Gasteiger partial charge in [-0.05, 0) is 12.8 Å². The van der Waals surface area contributed by atoms with E-state index in [1.165, 1.54) is 14.0 Å². The third-order valence-electron chi connectivity index (χ3n) is 2.08. The van der Waals surface area contributed by atoms with E-state index in [0.717, 1.165) is 6.92 Å². The van der Waals surface area contributed by atoms with Gasteiger partial charge in [0.25, 0.3) is 0 Å². The van der Waals surface area contributed by atoms with Gasteiger partial charge in [-0.1, -0.05) is 6.92 Å². The van der Waals surface area contributed by atoms with Crippen LogP contribution in [-0.4, -0.2) is 36.9 Å². The van der Waals surface area contributed by atoms with Crippen LogP contribution in [0.15, 0.2) is 0 Å². The molecule has 15 heavy (non-hydrogen) atoms. The minimum atomic E-state index is -0.873. The van der Waals surface area contributed by atoms with Gasteiger partial charge >= 0.3 is 11.9 Å². The van der Waals surface area contributed by atoms with Gasteiger partial charge in [0.1, 0.15) is 0 Å². The summed E-state index contributed by atoms with van der Waals surface area (Å²) in [6.45, 7) is 4.71. The molecule has 0 aromatic heterocycles. The third-order valence-corrected chi connectivity index (χ3v) is 2.08. The van der Waals surface area contributed by atoms with Gasteiger partial charge in [-0.3, -0.25) is 9.59 Å². The van der Waals surface area contributed by atoms with Gasteiger partial charge in [0.2, 0.25) is 0 Å². The first kappa shape index (κ1) is 14.1. The molecular weight excluding hydrogens is 200 g/mol. The summed E-state index contributed by atoms with van der Waals surface area (Å²) >= 11 is 0. The molecule has 3 unspecified atom stereocenters. The van der Waals surface area contributed by atoms with Gasteiger partial charge in [-0.25, -0.2) is 0 Å². The van der Waals surface area contributed by atoms with Crippen LogP contribution in [0.25, 0.3) is 0 Å². The first-order valence-corrected chi connectivity index (χ1v) is 4.79. The molecule has 1 N–H and O–H groups in total. The van der Waals surface area contributed by atoms with Crippen molar-refractivity contribution in [2.24, 2.45) is 11.8 Å². The van der Waals surface area contributed by atoms with Gasteiger partial charge in [-0.15, -0.1) is 0 Å². The van der Waals surface area contributed by atoms with Crippen molar-refractivity contribution in [3.8, 4) is 0 Å². The fraction of sp³-hybridized carbons (Fsp3) is 0.800. The second-order valence-corrected chi connectivity index (χ2v) is 3.61. The Bertz CT molecular complexity index is 224. The number of methoxy groups -OCH3 is 1. The van der Waals surface area contributed by atoms with Crippen molar-refractivity contribution in [2.45, 2.75) is 26.9 Å². The van der Waals surface area contributed by atoms with E-state index >= 15 is 0 Å². The summed E-state index contributed by atoms with van der Waals surface area (Å²) in [6.07, 6.45) is -0.873. The lowest BCUT2D eigenvalue weighted by atomic mass is 9.90. The molecule has 5 heteroatoms. The van der Waals surface area contributed by atoms with Crippen LogP contribution in [-0.2, 0) is 19.1 Å². The lowest BCUT2D eigenvalue weighted by Crippen LogP contribution is -2.35. The normalized spacial score (nSPS) is 16.6. The zero-order chi connectivity index (χ0) is 12.0. The van der Waals surface area contributed by atoms with E-state index in [-0.39, 0.29) is 5.92 Å². The maximum Gasteiger partial charge on any atom is 0.319 e. The molecule has 0 aliphatic carbocycles. The number of ether oxygens (including phenoxy) is 2. The molecule has 3 atom stereocenters. The standard InChI is InChI=1S/C10H18O5/c1-6(5-14-4)9(7(2)11)10(13)15-8(3)12/h6-7,9,11H,5H2,1-4H3. The van der Waals surface area contributed by atoms with Crippen molar-refractivity contribution in [2.75, 3.05) is 13.7 Å². The van der Waals surface area contributed by atoms with Crippen LogP contribution in [0.5, 0.6) is 0 Å². The number of aliphatic hydroxyl groups excluding tert-OH is 1. The molecule has 0 aliphatic rings. The summed E-state index contributed by atoms with van der Waals surface area (Å²) in [5.41, 5.74) is 0. The van der Waals surface area contributed by atoms with Crippen LogP contribution in [0, 0.1) is 11.8 Å². The first-order chi connectivity index (χ1) is 6.90. The van der Waals surface area contributed by atoms with E-state index < -0.39 is 24.0 Å². The number of carbonyl (C=O) groups excluding carboxylic acids is 2. The fourth-order valence-electron chi connectivity index (χ4n) is 1.48. The lowest BCUT2D eigenvalue weighted by molar-refractivity contribution is -0.165. The van der Waals surface area contributed by atoms with Crippen molar-refractivity contribution in [1.29, 1.82) is 0 Å². The molecular formula is C10H18O5. The number of esters is 2. The van der Waals surface area contributed by atoms with Crippen molar-refractivity contribution in [1.82, 2.24) is 0 Å². The van der Waals surface area contributed by atoms with Crippen LogP contribution < -0.4 is 0 Å². The second kappa shape index (κ2) is 6.53. The van der Waals surface area contributed by atoms with Gasteiger partial charge in [0.05, 0.1) is 12.0 Å². The Morgan fingerprint density at radius 1 is 1.33 bits per heavy atom. The van der Waals surface area contributed by atoms with E-state index in [2.05, 4.69) is 4.74 Å². The molecule has 0 bridgehead atoms. The van der Waals surface area contributed by atoms with Crippen molar-refractivity contribution >= 4 is 11.9 Å². The SMILES string of the molecule is COCC(C)C(C(=O)OC(C)=O)C(C)O. The van der Waals surface area contributed by atoms with Crippen LogP contribution in [0.2, 0.25) is 0 Å². The lowest BCUT2D eigenvalue weighted by Gasteiger charge is -2.23. The Hall–Kier alpha value is -0.940. The highest BCUT2D eigenvalue weighted by atomic mass is 16.6. The van der Waals surface area contributed by atoms with E-state index in [0.29, 0.717) is 6.61 Å². The van der Waals surface area contributed by atoms with E-state index in [1.54, 1.807) is 6.92 Å². The molecule has 0 fully saturated rings. The average molecular weight is 218 g/mol. The van der Waals surface area contributed by atoms with Crippen LogP contribution in [0.3, 0.4) is 0 Å². The summed E-state index contributed by atoms with van der Waals surface area (Å²) in [5, 5.41) is 9.42. The zero-order valence-electron chi connectivity index (χ0n) is 9.52. The topological polar surface area (TPSA) is 72.8 Å². The Kier molecular flexibility index (Phi) is 6.12. The van der Waals surface area contributed by atoms with Gasteiger partial charge in [0, 0.05) is 20.6 Å². The average Bonchev–Trinajstić information content (AvgIpc) is 2.01. The predicted molar refractivity (Wildman–Crippen MR) is 53.0 cm³/mol. The molecule has 88 valence electrons. The van der Waals surface area contributed by atoms with Gasteiger partial charge < -0.3 is 14.6 Å². The molecule has 0 heterocycles. The Morgan fingerprint density at radius 2 is 1.87 bits per heavy atom. The molecule has 0 amide bonds. The first-order valence-electron chi connectivity index (χ1n) is 4.79. The number of carbonyl (C=O) groups is 2. The van der Waals surface area contributed by atoms with E-state index in [1.807, 2.05) is 0 Å². The maximum absolute atomic E-state index is 11.5. The zero-order valence-corrected chi connectivity index (χ0v) is 9.52. The Labute approximate surface area is 89.4 Å². The van der Waals surface area contributed by atoms with Crippen molar-refractivity contribution < 1.29 is 24.2 Å². The highest BCUT2D eigenvalue weighted by Crippen LogP contribution is 2.18. The molecule has 0 radical (unpaired) electrons. The highest BCUT2D eigenvalue weighted by molar-refractivity contribution is 5.85. The summed E-state index contributed by atoms with van der Waals surface area (Å²) in [4.78, 5) is 22.1. The molecule has 0 rings (SSSR count). The number of aliphatic hydroxyl groups is 1. The van der Waals surface area contributed by atoms with Gasteiger partial charge in [-0.2, -0.15) is 0 Å². The molecule has 0 saturated heterocycles. The predicted octanol–water partition coefficient (Wildman–Crippen LogP) is 0.356. The smallest absolute Gasteiger partial charge is 0.319 e. The second-order valence-electron chi connectivity index (χ2n) is 3.61. The molecule has 0 aromatic rings. The minimum absolute atomic E-state index is 0.207. The monoisotopic (exact) mass is 218 g/mol. The van der Waals surface area contributed by atoms with Crippen LogP contribution in [0.1, 0.15) is 20.8 Å². The molecule has 0 aliphatic heterocycles. The van der Waals surface area contributed by atoms with E-state index in [9.17, 15) is 14.7 Å². The molecule has 0 saturated carbocycles. The minimum Gasteiger partial charge on any atom is -0.393 e. The van der Waals surface area contributed by atoms with Gasteiger partial charge in [0.15, 0.2) is 0 Å². The Balaban J connectivity index is 4.51. The summed E-state index contributed by atoms with van der Waals surface area (Å²) in [6, 6.07) is 0. The van der Waals surface area contributed by atoms with Crippen molar-refractivity contribution in [3.63, 3.8) is 0 Å². The van der Waals surface area contributed by atoms with Crippen molar-refractivity contribution in [3.05, 3.63) is 0 Å². The highest BCUT2D eigenvalue weighted by Gasteiger charge is 2.31. The Morgan fingerprint density at radius 3 is 2.20 bits per heavy atom. The third kappa shape index (κ3) is 4.90. The molecule has 0 spiro atoms. The molecule has 0 aromatic carbocycles. The maximum atomic E-state index is 11.5. The quantitative estimate of drug-likeness (QED) is 0.532. The number of rotatable bonds is 5. The number of hydrogen-bond donors (Lipinski definition) is 1. The summed E-state index contributed by atoms with van der Waals surface area (Å²) < 4.78 is 9.33. The number of hydrogen-bond acceptors (Lipinski definition) is 5. The summed E-state index contributed by atoms with van der Waals surface area (Å²) in [5.74, 6) is -2.33. The van der Waals surface area contributed by atoms with E-state index in [4.69, 9.17) is 4.74 Å². The largest absolute Gasteiger partial charge is 0.393 e. The van der Waals surface area contributed by atoms with Crippen LogP contribution in [0.4, 0.5) is 0 Å². The molecule has 5 nitrogen and oxygen atoms in total. The van der Waals surface area contributed by atoms with Crippen LogP contribution >= 0.6 is 0 Å². The fourth-order valence-corrected chi connectivity index (χ4v) is 1.48. The summed E-state index contributed by atoms with van der Waals surface area (Å²) in [7, 11) is 1.51.